The van der Waals surface area contributed by atoms with E-state index < -0.39 is 6.09 Å². The smallest absolute Gasteiger partial charge is 0.411 e. The average molecular weight is 304 g/mol. The van der Waals surface area contributed by atoms with Crippen molar-refractivity contribution >= 4 is 23.5 Å². The second kappa shape index (κ2) is 9.00. The quantitative estimate of drug-likeness (QED) is 0.560. The fourth-order valence-electron chi connectivity index (χ4n) is 2.40. The molecule has 0 saturated carbocycles. The van der Waals surface area contributed by atoms with Crippen LogP contribution in [0.3, 0.4) is 0 Å². The van der Waals surface area contributed by atoms with Gasteiger partial charge < -0.3 is 5.11 Å². The Morgan fingerprint density at radius 2 is 2.14 bits per heavy atom. The molecule has 1 amide bonds. The van der Waals surface area contributed by atoms with Crippen LogP contribution in [0.25, 0.3) is 0 Å². The van der Waals surface area contributed by atoms with Crippen LogP contribution < -0.4 is 4.90 Å². The number of isocyanates is 1. The molecule has 1 atom stereocenters. The number of rotatable bonds is 8. The van der Waals surface area contributed by atoms with E-state index in [1.165, 1.54) is 11.0 Å². The maximum absolute atomic E-state index is 11.6. The lowest BCUT2D eigenvalue weighted by Crippen LogP contribution is -2.34. The Morgan fingerprint density at radius 3 is 2.68 bits per heavy atom. The molecule has 1 N–H and O–H groups in total. The summed E-state index contributed by atoms with van der Waals surface area (Å²) in [5.74, 6) is 0.329. The van der Waals surface area contributed by atoms with Gasteiger partial charge in [-0.05, 0) is 37.0 Å². The molecule has 0 aliphatic heterocycles. The molecule has 0 fully saturated rings. The molecule has 1 aromatic rings. The van der Waals surface area contributed by atoms with Gasteiger partial charge >= 0.3 is 6.09 Å². The number of hydrogen-bond acceptors (Lipinski definition) is 3. The molecule has 1 rings (SSSR count). The van der Waals surface area contributed by atoms with Gasteiger partial charge in [-0.2, -0.15) is 4.99 Å². The van der Waals surface area contributed by atoms with E-state index in [2.05, 4.69) is 18.8 Å². The molecule has 0 saturated heterocycles. The topological polar surface area (TPSA) is 70.0 Å². The van der Waals surface area contributed by atoms with Crippen molar-refractivity contribution in [2.75, 3.05) is 11.4 Å². The zero-order valence-electron chi connectivity index (χ0n) is 13.5. The van der Waals surface area contributed by atoms with Crippen LogP contribution in [-0.4, -0.2) is 23.8 Å². The van der Waals surface area contributed by atoms with Crippen LogP contribution in [-0.2, 0) is 4.79 Å². The second-order valence-electron chi connectivity index (χ2n) is 5.48. The summed E-state index contributed by atoms with van der Waals surface area (Å²) in [4.78, 5) is 27.0. The summed E-state index contributed by atoms with van der Waals surface area (Å²) in [6, 6.07) is 5.15. The Bertz CT molecular complexity index is 551. The summed E-state index contributed by atoms with van der Waals surface area (Å²) in [6.07, 6.45) is 4.68. The van der Waals surface area contributed by atoms with E-state index in [-0.39, 0.29) is 0 Å². The molecule has 1 aromatic carbocycles. The molecule has 120 valence electrons. The lowest BCUT2D eigenvalue weighted by Gasteiger charge is -2.25. The van der Waals surface area contributed by atoms with Gasteiger partial charge in [0.2, 0.25) is 6.08 Å². The fraction of sp³-hybridized carbons (Fsp3) is 0.529. The van der Waals surface area contributed by atoms with Crippen molar-refractivity contribution in [2.45, 2.75) is 46.5 Å². The largest absolute Gasteiger partial charge is 0.465 e. The number of carboxylic acid groups (broad SMARTS) is 1. The minimum absolute atomic E-state index is 0.329. The van der Waals surface area contributed by atoms with Crippen LogP contribution in [0, 0.1) is 12.8 Å². The van der Waals surface area contributed by atoms with E-state index in [1.807, 2.05) is 6.92 Å². The van der Waals surface area contributed by atoms with Gasteiger partial charge in [0, 0.05) is 12.2 Å². The first-order chi connectivity index (χ1) is 10.5. The SMILES string of the molecule is CCCCC(CC)CN(C(=O)O)c1ccc(C)c(N=C=O)c1. The van der Waals surface area contributed by atoms with Crippen LogP contribution in [0.15, 0.2) is 23.2 Å². The maximum Gasteiger partial charge on any atom is 0.411 e. The van der Waals surface area contributed by atoms with Gasteiger partial charge in [-0.25, -0.2) is 9.59 Å². The predicted octanol–water partition coefficient (Wildman–Crippen LogP) is 4.66. The molecule has 0 heterocycles. The molecule has 0 radical (unpaired) electrons. The first kappa shape index (κ1) is 17.9. The van der Waals surface area contributed by atoms with Gasteiger partial charge in [0.05, 0.1) is 5.69 Å². The highest BCUT2D eigenvalue weighted by Crippen LogP contribution is 2.27. The summed E-state index contributed by atoms with van der Waals surface area (Å²) < 4.78 is 0. The normalized spacial score (nSPS) is 11.6. The number of aliphatic imine (C=N–C) groups is 1. The highest BCUT2D eigenvalue weighted by atomic mass is 16.4. The Labute approximate surface area is 131 Å². The van der Waals surface area contributed by atoms with Gasteiger partial charge in [-0.3, -0.25) is 4.90 Å². The third-order valence-corrected chi connectivity index (χ3v) is 3.89. The number of benzene rings is 1. The molecular formula is C17H24N2O3. The monoisotopic (exact) mass is 304 g/mol. The fourth-order valence-corrected chi connectivity index (χ4v) is 2.40. The molecule has 0 spiro atoms. The minimum atomic E-state index is -0.986. The van der Waals surface area contributed by atoms with Crippen molar-refractivity contribution in [2.24, 2.45) is 10.9 Å². The number of amides is 1. The number of aryl methyl sites for hydroxylation is 1. The molecule has 0 aliphatic rings. The van der Waals surface area contributed by atoms with Crippen molar-refractivity contribution in [3.8, 4) is 0 Å². The molecule has 0 aliphatic carbocycles. The Balaban J connectivity index is 3.02. The van der Waals surface area contributed by atoms with Crippen molar-refractivity contribution in [3.63, 3.8) is 0 Å². The van der Waals surface area contributed by atoms with Crippen molar-refractivity contribution in [1.29, 1.82) is 0 Å². The molecular weight excluding hydrogens is 280 g/mol. The highest BCUT2D eigenvalue weighted by Gasteiger charge is 2.19. The van der Waals surface area contributed by atoms with Gasteiger partial charge in [0.25, 0.3) is 0 Å². The van der Waals surface area contributed by atoms with E-state index in [4.69, 9.17) is 0 Å². The van der Waals surface area contributed by atoms with Crippen LogP contribution in [0.2, 0.25) is 0 Å². The Hall–Kier alpha value is -2.13. The molecule has 0 aromatic heterocycles. The van der Waals surface area contributed by atoms with Crippen LogP contribution in [0.4, 0.5) is 16.2 Å². The predicted molar refractivity (Wildman–Crippen MR) is 87.6 cm³/mol. The number of carbonyl (C=O) groups excluding carboxylic acids is 1. The van der Waals surface area contributed by atoms with E-state index >= 15 is 0 Å². The number of hydrogen-bond donors (Lipinski definition) is 1. The summed E-state index contributed by atoms with van der Waals surface area (Å²) in [5, 5.41) is 9.50. The molecule has 5 heteroatoms. The number of anilines is 1. The van der Waals surface area contributed by atoms with Crippen LogP contribution >= 0.6 is 0 Å². The minimum Gasteiger partial charge on any atom is -0.465 e. The third-order valence-electron chi connectivity index (χ3n) is 3.89. The zero-order valence-corrected chi connectivity index (χ0v) is 13.5. The van der Waals surface area contributed by atoms with E-state index in [0.717, 1.165) is 31.2 Å². The van der Waals surface area contributed by atoms with Crippen LogP contribution in [0.5, 0.6) is 0 Å². The lowest BCUT2D eigenvalue weighted by atomic mass is 9.98. The summed E-state index contributed by atoms with van der Waals surface area (Å²) in [6.45, 7) is 6.49. The Morgan fingerprint density at radius 1 is 1.41 bits per heavy atom. The van der Waals surface area contributed by atoms with Crippen molar-refractivity contribution in [3.05, 3.63) is 23.8 Å². The molecule has 22 heavy (non-hydrogen) atoms. The average Bonchev–Trinajstić information content (AvgIpc) is 2.50. The van der Waals surface area contributed by atoms with E-state index in [9.17, 15) is 14.7 Å². The van der Waals surface area contributed by atoms with E-state index in [1.54, 1.807) is 18.2 Å². The zero-order chi connectivity index (χ0) is 16.5. The number of nitrogens with zero attached hydrogens (tertiary/aromatic N) is 2. The summed E-state index contributed by atoms with van der Waals surface area (Å²) >= 11 is 0. The Kier molecular flexibility index (Phi) is 7.33. The van der Waals surface area contributed by atoms with Crippen LogP contribution in [0.1, 0.15) is 45.1 Å². The van der Waals surface area contributed by atoms with Gasteiger partial charge in [-0.1, -0.05) is 39.2 Å². The molecule has 0 bridgehead atoms. The van der Waals surface area contributed by atoms with Crippen molar-refractivity contribution < 1.29 is 14.7 Å². The summed E-state index contributed by atoms with van der Waals surface area (Å²) in [7, 11) is 0. The first-order valence-electron chi connectivity index (χ1n) is 7.72. The maximum atomic E-state index is 11.6. The standard InChI is InChI=1S/C17H24N2O3/c1-4-6-7-14(5-2)11-19(17(21)22)15-9-8-13(3)16(10-15)18-12-20/h8-10,14H,4-7,11H2,1-3H3,(H,21,22). The third kappa shape index (κ3) is 5.01. The molecule has 1 unspecified atom stereocenters. The highest BCUT2D eigenvalue weighted by molar-refractivity contribution is 5.87. The van der Waals surface area contributed by atoms with E-state index in [0.29, 0.717) is 23.8 Å². The van der Waals surface area contributed by atoms with Gasteiger partial charge in [0.1, 0.15) is 0 Å². The molecule has 5 nitrogen and oxygen atoms in total. The number of unbranched alkanes of at least 4 members (excludes halogenated alkanes) is 1. The van der Waals surface area contributed by atoms with Gasteiger partial charge in [0.15, 0.2) is 0 Å². The number of carbonyl (C=O) groups is 1. The lowest BCUT2D eigenvalue weighted by molar-refractivity contribution is 0.200. The van der Waals surface area contributed by atoms with Gasteiger partial charge in [-0.15, -0.1) is 0 Å². The summed E-state index contributed by atoms with van der Waals surface area (Å²) in [5.41, 5.74) is 1.82. The van der Waals surface area contributed by atoms with Crippen molar-refractivity contribution in [1.82, 2.24) is 0 Å². The first-order valence-corrected chi connectivity index (χ1v) is 7.72. The second-order valence-corrected chi connectivity index (χ2v) is 5.48.